The Morgan fingerprint density at radius 3 is 2.70 bits per heavy atom. The van der Waals surface area contributed by atoms with E-state index >= 15 is 0 Å². The lowest BCUT2D eigenvalue weighted by atomic mass is 9.98. The van der Waals surface area contributed by atoms with Gasteiger partial charge in [-0.05, 0) is 61.2 Å². The zero-order chi connectivity index (χ0) is 26.1. The van der Waals surface area contributed by atoms with Crippen LogP contribution in [-0.2, 0) is 18.3 Å². The van der Waals surface area contributed by atoms with Gasteiger partial charge in [-0.15, -0.1) is 0 Å². The Balaban J connectivity index is 1.27. The van der Waals surface area contributed by atoms with E-state index in [1.807, 2.05) is 36.4 Å². The number of hydrogen-bond acceptors (Lipinski definition) is 7. The number of anilines is 2. The van der Waals surface area contributed by atoms with Crippen molar-refractivity contribution in [2.24, 2.45) is 7.05 Å². The van der Waals surface area contributed by atoms with Crippen molar-refractivity contribution in [3.63, 3.8) is 0 Å². The number of likely N-dealkylation sites (tertiary alicyclic amines) is 1. The number of carbonyl (C=O) groups is 1. The van der Waals surface area contributed by atoms with E-state index in [1.165, 1.54) is 4.57 Å². The number of hydrogen-bond donors (Lipinski definition) is 1. The molecule has 2 aliphatic rings. The highest BCUT2D eigenvalue weighted by Crippen LogP contribution is 2.33. The fourth-order valence-electron chi connectivity index (χ4n) is 5.39. The van der Waals surface area contributed by atoms with Gasteiger partial charge in [-0.25, -0.2) is 0 Å². The van der Waals surface area contributed by atoms with Crippen molar-refractivity contribution >= 4 is 28.2 Å². The third-order valence-corrected chi connectivity index (χ3v) is 7.61. The highest BCUT2D eigenvalue weighted by atomic mass is 16.5. The van der Waals surface area contributed by atoms with Gasteiger partial charge in [0.2, 0.25) is 0 Å². The molecule has 2 aromatic carbocycles. The van der Waals surface area contributed by atoms with Crippen LogP contribution in [0.15, 0.2) is 41.2 Å². The van der Waals surface area contributed by atoms with Crippen LogP contribution >= 0.6 is 0 Å². The molecule has 192 valence electrons. The minimum atomic E-state index is -0.262. The summed E-state index contributed by atoms with van der Waals surface area (Å²) in [5.74, 6) is 1.26. The summed E-state index contributed by atoms with van der Waals surface area (Å²) in [5, 5.41) is 13.6. The van der Waals surface area contributed by atoms with Gasteiger partial charge in [0.15, 0.2) is 6.61 Å². The molecule has 0 unspecified atom stereocenters. The number of pyridine rings is 1. The first-order valence-electron chi connectivity index (χ1n) is 12.5. The number of aromatic nitrogens is 1. The van der Waals surface area contributed by atoms with Gasteiger partial charge < -0.3 is 29.2 Å². The number of rotatable bonds is 6. The standard InChI is InChI=1S/C28H31N5O4/c1-31(19-4-7-26-24(14-19)30-27(34)17-37-26)18-8-11-33(12-9-18)13-10-21-22-15-20(36-3)5-6-25(22)32(2)28(35)23(21)16-29/h4-7,14-15,18H,8-13,17H2,1-3H3,(H,30,34). The van der Waals surface area contributed by atoms with Crippen molar-refractivity contribution in [2.45, 2.75) is 25.3 Å². The molecule has 1 aromatic heterocycles. The second kappa shape index (κ2) is 10.1. The fourth-order valence-corrected chi connectivity index (χ4v) is 5.39. The van der Waals surface area contributed by atoms with Crippen molar-refractivity contribution < 1.29 is 14.3 Å². The average Bonchev–Trinajstić information content (AvgIpc) is 2.93. The van der Waals surface area contributed by atoms with Crippen LogP contribution in [0.1, 0.15) is 24.0 Å². The molecule has 37 heavy (non-hydrogen) atoms. The summed E-state index contributed by atoms with van der Waals surface area (Å²) < 4.78 is 12.4. The maximum absolute atomic E-state index is 12.9. The van der Waals surface area contributed by atoms with Crippen molar-refractivity contribution in [1.82, 2.24) is 9.47 Å². The molecule has 3 heterocycles. The minimum Gasteiger partial charge on any atom is -0.497 e. The second-order valence-corrected chi connectivity index (χ2v) is 9.66. The van der Waals surface area contributed by atoms with E-state index in [9.17, 15) is 14.9 Å². The Hall–Kier alpha value is -4.03. The molecule has 0 saturated carbocycles. The highest BCUT2D eigenvalue weighted by molar-refractivity contribution is 5.96. The van der Waals surface area contributed by atoms with Crippen LogP contribution in [0.25, 0.3) is 10.9 Å². The molecule has 1 N–H and O–H groups in total. The van der Waals surface area contributed by atoms with Crippen LogP contribution in [-0.4, -0.2) is 61.8 Å². The number of nitrogens with zero attached hydrogens (tertiary/aromatic N) is 4. The van der Waals surface area contributed by atoms with E-state index < -0.39 is 0 Å². The SMILES string of the molecule is COc1ccc2c(c1)c(CCN1CCC(N(C)c3ccc4c(c3)NC(=O)CO4)CC1)c(C#N)c(=O)n2C. The molecule has 9 heteroatoms. The van der Waals surface area contributed by atoms with E-state index in [-0.39, 0.29) is 23.6 Å². The van der Waals surface area contributed by atoms with Gasteiger partial charge in [0.1, 0.15) is 23.1 Å². The molecule has 0 bridgehead atoms. The van der Waals surface area contributed by atoms with Gasteiger partial charge in [0.25, 0.3) is 11.5 Å². The van der Waals surface area contributed by atoms with Crippen LogP contribution in [0.2, 0.25) is 0 Å². The van der Waals surface area contributed by atoms with Crippen LogP contribution in [0.4, 0.5) is 11.4 Å². The molecule has 0 aliphatic carbocycles. The normalized spacial score (nSPS) is 16.0. The van der Waals surface area contributed by atoms with E-state index in [0.717, 1.165) is 54.6 Å². The predicted molar refractivity (Wildman–Crippen MR) is 143 cm³/mol. The zero-order valence-electron chi connectivity index (χ0n) is 21.4. The van der Waals surface area contributed by atoms with Crippen LogP contribution in [0.5, 0.6) is 11.5 Å². The molecule has 3 aromatic rings. The number of nitrogens with one attached hydrogen (secondary N) is 1. The summed E-state index contributed by atoms with van der Waals surface area (Å²) in [5.41, 5.74) is 3.29. The van der Waals surface area contributed by atoms with E-state index in [2.05, 4.69) is 28.2 Å². The van der Waals surface area contributed by atoms with Gasteiger partial charge in [-0.3, -0.25) is 9.59 Å². The lowest BCUT2D eigenvalue weighted by Gasteiger charge is -2.38. The Labute approximate surface area is 215 Å². The first-order valence-corrected chi connectivity index (χ1v) is 12.5. The molecular formula is C28H31N5O4. The molecule has 0 spiro atoms. The summed E-state index contributed by atoms with van der Waals surface area (Å²) in [6.45, 7) is 2.67. The predicted octanol–water partition coefficient (Wildman–Crippen LogP) is 2.89. The van der Waals surface area contributed by atoms with Gasteiger partial charge >= 0.3 is 0 Å². The number of methoxy groups -OCH3 is 1. The fraction of sp³-hybridized carbons (Fsp3) is 0.393. The monoisotopic (exact) mass is 501 g/mol. The Morgan fingerprint density at radius 2 is 1.97 bits per heavy atom. The van der Waals surface area contributed by atoms with Crippen LogP contribution < -0.4 is 25.2 Å². The minimum absolute atomic E-state index is 0.0530. The number of piperidine rings is 1. The summed E-state index contributed by atoms with van der Waals surface area (Å²) in [6.07, 6.45) is 2.60. The molecule has 5 rings (SSSR count). The smallest absolute Gasteiger partial charge is 0.268 e. The first kappa shape index (κ1) is 24.7. The number of nitriles is 1. The molecule has 9 nitrogen and oxygen atoms in total. The zero-order valence-corrected chi connectivity index (χ0v) is 21.4. The number of amides is 1. The Morgan fingerprint density at radius 1 is 1.19 bits per heavy atom. The molecule has 1 fully saturated rings. The molecular weight excluding hydrogens is 470 g/mol. The quantitative estimate of drug-likeness (QED) is 0.554. The van der Waals surface area contributed by atoms with Gasteiger partial charge in [0, 0.05) is 50.8 Å². The van der Waals surface area contributed by atoms with Crippen molar-refractivity contribution in [3.8, 4) is 17.6 Å². The van der Waals surface area contributed by atoms with E-state index in [4.69, 9.17) is 9.47 Å². The molecule has 2 aliphatic heterocycles. The molecule has 0 atom stereocenters. The number of carbonyl (C=O) groups excluding carboxylic acids is 1. The second-order valence-electron chi connectivity index (χ2n) is 9.66. The largest absolute Gasteiger partial charge is 0.497 e. The van der Waals surface area contributed by atoms with Gasteiger partial charge in [-0.2, -0.15) is 5.26 Å². The van der Waals surface area contributed by atoms with Crippen LogP contribution in [0.3, 0.4) is 0 Å². The van der Waals surface area contributed by atoms with E-state index in [0.29, 0.717) is 29.6 Å². The Bertz CT molecular complexity index is 1450. The van der Waals surface area contributed by atoms with Crippen molar-refractivity contribution in [1.29, 1.82) is 5.26 Å². The van der Waals surface area contributed by atoms with Gasteiger partial charge in [-0.1, -0.05) is 0 Å². The third kappa shape index (κ3) is 4.72. The molecule has 1 amide bonds. The van der Waals surface area contributed by atoms with Gasteiger partial charge in [0.05, 0.1) is 18.3 Å². The summed E-state index contributed by atoms with van der Waals surface area (Å²) in [7, 11) is 5.40. The number of benzene rings is 2. The number of fused-ring (bicyclic) bond motifs is 2. The number of aryl methyl sites for hydroxylation is 1. The van der Waals surface area contributed by atoms with E-state index in [1.54, 1.807) is 14.2 Å². The maximum Gasteiger partial charge on any atom is 0.268 e. The van der Waals surface area contributed by atoms with Crippen molar-refractivity contribution in [3.05, 3.63) is 57.9 Å². The Kier molecular flexibility index (Phi) is 6.76. The first-order chi connectivity index (χ1) is 17.9. The summed E-state index contributed by atoms with van der Waals surface area (Å²) >= 11 is 0. The average molecular weight is 502 g/mol. The summed E-state index contributed by atoms with van der Waals surface area (Å²) in [6, 6.07) is 14.1. The molecule has 0 radical (unpaired) electrons. The molecule has 1 saturated heterocycles. The topological polar surface area (TPSA) is 99.8 Å². The summed E-state index contributed by atoms with van der Waals surface area (Å²) in [4.78, 5) is 29.2. The number of ether oxygens (including phenoxy) is 2. The third-order valence-electron chi connectivity index (χ3n) is 7.61. The van der Waals surface area contributed by atoms with Crippen molar-refractivity contribution in [2.75, 3.05) is 50.6 Å². The maximum atomic E-state index is 12.9. The lowest BCUT2D eigenvalue weighted by Crippen LogP contribution is -2.44. The lowest BCUT2D eigenvalue weighted by molar-refractivity contribution is -0.118. The van der Waals surface area contributed by atoms with Crippen LogP contribution in [0, 0.1) is 11.3 Å². The highest BCUT2D eigenvalue weighted by Gasteiger charge is 2.25.